The van der Waals surface area contributed by atoms with Gasteiger partial charge in [-0.25, -0.2) is 12.7 Å². The minimum absolute atomic E-state index is 0.424. The Morgan fingerprint density at radius 2 is 1.56 bits per heavy atom. The predicted molar refractivity (Wildman–Crippen MR) is 37.2 cm³/mol. The maximum Gasteiger partial charge on any atom is 0.220 e. The molecule has 9 heavy (non-hydrogen) atoms. The summed E-state index contributed by atoms with van der Waals surface area (Å²) in [6.45, 7) is 3.16. The fourth-order valence-electron chi connectivity index (χ4n) is 0.365. The van der Waals surface area contributed by atoms with E-state index in [2.05, 4.69) is 0 Å². The predicted octanol–water partition coefficient (Wildman–Crippen LogP) is 0.450. The highest BCUT2D eigenvalue weighted by Gasteiger charge is 2.18. The van der Waals surface area contributed by atoms with Crippen LogP contribution in [0.25, 0.3) is 0 Å². The third kappa shape index (κ3) is 1.95. The topological polar surface area (TPSA) is 37.4 Å². The molecule has 0 heterocycles. The van der Waals surface area contributed by atoms with Gasteiger partial charge in [-0.1, -0.05) is 0 Å². The van der Waals surface area contributed by atoms with Crippen molar-refractivity contribution in [2.24, 2.45) is 0 Å². The van der Waals surface area contributed by atoms with Crippen molar-refractivity contribution in [3.63, 3.8) is 0 Å². The molecule has 1 radical (unpaired) electrons. The molecule has 0 aliphatic carbocycles. The van der Waals surface area contributed by atoms with Crippen LogP contribution in [-0.4, -0.2) is 26.8 Å². The summed E-state index contributed by atoms with van der Waals surface area (Å²) in [6.07, 6.45) is 0. The fraction of sp³-hybridized carbons (Fsp3) is 0.800. The molecule has 0 rings (SSSR count). The van der Waals surface area contributed by atoms with Crippen LogP contribution in [0, 0.1) is 5.25 Å². The molecule has 0 aromatic rings. The minimum Gasteiger partial charge on any atom is -0.212 e. The van der Waals surface area contributed by atoms with Gasteiger partial charge in [0.2, 0.25) is 10.0 Å². The zero-order valence-electron chi connectivity index (χ0n) is 6.17. The van der Waals surface area contributed by atoms with Crippen molar-refractivity contribution in [1.82, 2.24) is 4.31 Å². The Morgan fingerprint density at radius 1 is 1.22 bits per heavy atom. The van der Waals surface area contributed by atoms with Crippen LogP contribution in [0.2, 0.25) is 0 Å². The third-order valence-electron chi connectivity index (χ3n) is 0.997. The molecule has 0 aromatic carbocycles. The number of hydrogen-bond acceptors (Lipinski definition) is 2. The fourth-order valence-corrected chi connectivity index (χ4v) is 1.10. The number of rotatable bonds is 2. The molecule has 0 aromatic heterocycles. The molecule has 0 spiro atoms. The molecule has 4 heteroatoms. The number of hydrogen-bond donors (Lipinski definition) is 0. The Labute approximate surface area is 56.7 Å². The lowest BCUT2D eigenvalue weighted by atomic mass is 10.6. The zero-order valence-corrected chi connectivity index (χ0v) is 6.99. The van der Waals surface area contributed by atoms with Gasteiger partial charge in [0.25, 0.3) is 0 Å². The Balaban J connectivity index is 4.42. The van der Waals surface area contributed by atoms with Gasteiger partial charge < -0.3 is 0 Å². The van der Waals surface area contributed by atoms with E-state index in [1.807, 2.05) is 0 Å². The second-order valence-electron chi connectivity index (χ2n) is 2.20. The second kappa shape index (κ2) is 2.66. The molecule has 3 nitrogen and oxygen atoms in total. The molecule has 0 atom stereocenters. The first-order chi connectivity index (χ1) is 3.89. The van der Waals surface area contributed by atoms with Gasteiger partial charge >= 0.3 is 0 Å². The summed E-state index contributed by atoms with van der Waals surface area (Å²) in [6, 6.07) is 0. The van der Waals surface area contributed by atoms with Gasteiger partial charge in [-0.05, 0) is 13.8 Å². The van der Waals surface area contributed by atoms with E-state index in [1.54, 1.807) is 13.8 Å². The van der Waals surface area contributed by atoms with E-state index in [9.17, 15) is 8.42 Å². The highest BCUT2D eigenvalue weighted by molar-refractivity contribution is 7.91. The van der Waals surface area contributed by atoms with Gasteiger partial charge in [-0.2, -0.15) is 0 Å². The van der Waals surface area contributed by atoms with Crippen molar-refractivity contribution in [2.45, 2.75) is 13.8 Å². The summed E-state index contributed by atoms with van der Waals surface area (Å²) in [7, 11) is -0.0324. The van der Waals surface area contributed by atoms with Crippen LogP contribution in [-0.2, 0) is 10.0 Å². The first kappa shape index (κ1) is 8.91. The maximum atomic E-state index is 10.9. The van der Waals surface area contributed by atoms with Crippen LogP contribution < -0.4 is 0 Å². The van der Waals surface area contributed by atoms with E-state index in [1.165, 1.54) is 18.4 Å². The van der Waals surface area contributed by atoms with Crippen molar-refractivity contribution >= 4 is 10.0 Å². The minimum atomic E-state index is -3.06. The zero-order chi connectivity index (χ0) is 7.65. The normalized spacial score (nSPS) is 13.1. The van der Waals surface area contributed by atoms with E-state index in [-0.39, 0.29) is 0 Å². The SMILES string of the molecule is C[C](C)S(=O)(=O)N(C)C. The Morgan fingerprint density at radius 3 is 1.56 bits per heavy atom. The molecule has 0 saturated carbocycles. The van der Waals surface area contributed by atoms with Crippen molar-refractivity contribution < 1.29 is 8.42 Å². The largest absolute Gasteiger partial charge is 0.220 e. The van der Waals surface area contributed by atoms with Crippen molar-refractivity contribution in [3.05, 3.63) is 5.25 Å². The van der Waals surface area contributed by atoms with E-state index >= 15 is 0 Å². The molecule has 0 saturated heterocycles. The van der Waals surface area contributed by atoms with Gasteiger partial charge in [0.1, 0.15) is 5.25 Å². The lowest BCUT2D eigenvalue weighted by Crippen LogP contribution is -2.25. The highest BCUT2D eigenvalue weighted by atomic mass is 32.2. The molecule has 0 amide bonds. The standard InChI is InChI=1S/C5H12NO2S/c1-5(2)9(7,8)6(3)4/h1-4H3. The van der Waals surface area contributed by atoms with Crippen molar-refractivity contribution in [2.75, 3.05) is 14.1 Å². The van der Waals surface area contributed by atoms with Crippen LogP contribution in [0.1, 0.15) is 13.8 Å². The van der Waals surface area contributed by atoms with Gasteiger partial charge in [0, 0.05) is 14.1 Å². The molecule has 0 N–H and O–H groups in total. The van der Waals surface area contributed by atoms with Gasteiger partial charge in [0.05, 0.1) is 0 Å². The Bertz CT molecular complexity index is 155. The van der Waals surface area contributed by atoms with Crippen molar-refractivity contribution in [1.29, 1.82) is 0 Å². The van der Waals surface area contributed by atoms with Crippen LogP contribution in [0.3, 0.4) is 0 Å². The smallest absolute Gasteiger partial charge is 0.212 e. The second-order valence-corrected chi connectivity index (χ2v) is 4.69. The lowest BCUT2D eigenvalue weighted by Gasteiger charge is -2.12. The first-order valence-corrected chi connectivity index (χ1v) is 4.05. The summed E-state index contributed by atoms with van der Waals surface area (Å²) in [4.78, 5) is 0. The molecule has 0 aliphatic rings. The molecule has 0 bridgehead atoms. The summed E-state index contributed by atoms with van der Waals surface area (Å²) in [5.74, 6) is 0. The summed E-state index contributed by atoms with van der Waals surface area (Å²) < 4.78 is 23.0. The molecule has 0 fully saturated rings. The summed E-state index contributed by atoms with van der Waals surface area (Å²) in [5.41, 5.74) is 0. The summed E-state index contributed by atoms with van der Waals surface area (Å²) >= 11 is 0. The van der Waals surface area contributed by atoms with Crippen LogP contribution in [0.5, 0.6) is 0 Å². The van der Waals surface area contributed by atoms with Crippen LogP contribution >= 0.6 is 0 Å². The average Bonchev–Trinajstić information content (AvgIpc) is 1.65. The van der Waals surface area contributed by atoms with Gasteiger partial charge in [-0.3, -0.25) is 0 Å². The summed E-state index contributed by atoms with van der Waals surface area (Å²) in [5, 5.41) is 0.424. The molecule has 0 unspecified atom stereocenters. The highest BCUT2D eigenvalue weighted by Crippen LogP contribution is 2.09. The monoisotopic (exact) mass is 150 g/mol. The Kier molecular flexibility index (Phi) is 2.64. The molecular weight excluding hydrogens is 138 g/mol. The van der Waals surface area contributed by atoms with E-state index in [4.69, 9.17) is 0 Å². The van der Waals surface area contributed by atoms with E-state index in [0.717, 1.165) is 0 Å². The lowest BCUT2D eigenvalue weighted by molar-refractivity contribution is 0.522. The van der Waals surface area contributed by atoms with E-state index in [0.29, 0.717) is 5.25 Å². The van der Waals surface area contributed by atoms with Crippen LogP contribution in [0.15, 0.2) is 0 Å². The molecular formula is C5H12NO2S. The third-order valence-corrected chi connectivity index (χ3v) is 2.99. The van der Waals surface area contributed by atoms with E-state index < -0.39 is 10.0 Å². The number of nitrogens with zero attached hydrogens (tertiary/aromatic N) is 1. The Hall–Kier alpha value is -0.0900. The average molecular weight is 150 g/mol. The first-order valence-electron chi connectivity index (χ1n) is 2.61. The van der Waals surface area contributed by atoms with Gasteiger partial charge in [-0.15, -0.1) is 0 Å². The quantitative estimate of drug-likeness (QED) is 0.573. The van der Waals surface area contributed by atoms with Gasteiger partial charge in [0.15, 0.2) is 0 Å². The molecule has 55 valence electrons. The maximum absolute atomic E-state index is 10.9. The number of sulfonamides is 1. The van der Waals surface area contributed by atoms with Crippen molar-refractivity contribution in [3.8, 4) is 0 Å². The molecule has 0 aliphatic heterocycles. The van der Waals surface area contributed by atoms with Crippen LogP contribution in [0.4, 0.5) is 0 Å².